The van der Waals surface area contributed by atoms with E-state index in [1.165, 1.54) is 0 Å². The van der Waals surface area contributed by atoms with E-state index < -0.39 is 29.1 Å². The smallest absolute Gasteiger partial charge is 0.270 e. The van der Waals surface area contributed by atoms with Crippen molar-refractivity contribution in [2.75, 3.05) is 12.9 Å². The van der Waals surface area contributed by atoms with Gasteiger partial charge in [-0.2, -0.15) is 8.42 Å². The quantitative estimate of drug-likeness (QED) is 0.568. The molecule has 0 bridgehead atoms. The monoisotopic (exact) mass is 186 g/mol. The minimum Gasteiger partial charge on any atom is -0.270 e. The summed E-state index contributed by atoms with van der Waals surface area (Å²) < 4.78 is 35.5. The number of hydrogen-bond acceptors (Lipinski definition) is 5. The third-order valence-electron chi connectivity index (χ3n) is 0.690. The third kappa shape index (κ3) is 7.20. The Balaban J connectivity index is 3.51. The molecule has 5 nitrogen and oxygen atoms in total. The summed E-state index contributed by atoms with van der Waals surface area (Å²) in [5, 5.41) is 0. The van der Waals surface area contributed by atoms with Crippen molar-refractivity contribution in [3.63, 3.8) is 0 Å². The molecule has 0 fully saturated rings. The van der Waals surface area contributed by atoms with E-state index in [-0.39, 0.29) is 0 Å². The zero-order valence-electron chi connectivity index (χ0n) is 5.74. The molecule has 7 heteroatoms. The van der Waals surface area contributed by atoms with E-state index >= 15 is 0 Å². The van der Waals surface area contributed by atoms with Crippen LogP contribution in [-0.2, 0) is 24.0 Å². The van der Waals surface area contributed by atoms with Crippen LogP contribution in [0.25, 0.3) is 0 Å². The summed E-state index contributed by atoms with van der Waals surface area (Å²) >= 11 is 0. The van der Waals surface area contributed by atoms with Crippen molar-refractivity contribution in [1.29, 1.82) is 0 Å². The molecule has 0 radical (unpaired) electrons. The van der Waals surface area contributed by atoms with Crippen molar-refractivity contribution in [3.05, 3.63) is 0 Å². The third-order valence-corrected chi connectivity index (χ3v) is 1.28. The zero-order chi connectivity index (χ0) is 8.91. The van der Waals surface area contributed by atoms with Crippen LogP contribution in [0.1, 0.15) is 6.42 Å². The average Bonchev–Trinajstić information content (AvgIpc) is 1.85. The highest BCUT2D eigenvalue weighted by Gasteiger charge is 2.06. The molecule has 0 atom stereocenters. The highest BCUT2D eigenvalue weighted by molar-refractivity contribution is 7.85. The van der Waals surface area contributed by atoms with Crippen molar-refractivity contribution in [2.45, 2.75) is 6.42 Å². The molecule has 0 aromatic rings. The summed E-state index contributed by atoms with van der Waals surface area (Å²) in [7, 11) is -3.56. The van der Waals surface area contributed by atoms with E-state index in [2.05, 4.69) is 9.12 Å². The van der Waals surface area contributed by atoms with Crippen LogP contribution in [-0.4, -0.2) is 27.2 Å². The molecule has 0 aromatic heterocycles. The Labute approximate surface area is 63.1 Å². The van der Waals surface area contributed by atoms with Gasteiger partial charge in [-0.25, -0.2) is 4.79 Å². The average molecular weight is 186 g/mol. The summed E-state index contributed by atoms with van der Waals surface area (Å²) in [5.74, 6) is -1.16. The van der Waals surface area contributed by atoms with Gasteiger partial charge in [0.2, 0.25) is 0 Å². The summed E-state index contributed by atoms with van der Waals surface area (Å²) in [6.45, 7) is -0.401. The first kappa shape index (κ1) is 10.3. The molecular weight excluding hydrogens is 179 g/mol. The molecule has 66 valence electrons. The Morgan fingerprint density at radius 1 is 1.55 bits per heavy atom. The molecule has 11 heavy (non-hydrogen) atoms. The predicted octanol–water partition coefficient (Wildman–Crippen LogP) is -0.220. The molecule has 0 N–H and O–H groups in total. The van der Waals surface area contributed by atoms with Crippen molar-refractivity contribution < 1.29 is 26.9 Å². The second-order valence-electron chi connectivity index (χ2n) is 1.73. The van der Waals surface area contributed by atoms with Crippen LogP contribution in [0.4, 0.5) is 4.53 Å². The van der Waals surface area contributed by atoms with Crippen molar-refractivity contribution in [2.24, 2.45) is 0 Å². The molecule has 0 heterocycles. The fourth-order valence-electron chi connectivity index (χ4n) is 0.315. The lowest BCUT2D eigenvalue weighted by Crippen LogP contribution is -2.08. The molecule has 0 aromatic carbocycles. The Hall–Kier alpha value is -0.690. The summed E-state index contributed by atoms with van der Waals surface area (Å²) in [4.78, 5) is 12.8. The van der Waals surface area contributed by atoms with Crippen molar-refractivity contribution in [1.82, 2.24) is 0 Å². The Kier molecular flexibility index (Phi) is 3.98. The maximum Gasteiger partial charge on any atom is 0.351 e. The fourth-order valence-corrected chi connectivity index (χ4v) is 0.701. The second kappa shape index (κ2) is 4.24. The maximum atomic E-state index is 11.0. The Bertz CT molecular complexity index is 221. The number of hydrogen-bond donors (Lipinski definition) is 0. The molecular formula is C4H7FO5S. The highest BCUT2D eigenvalue weighted by atomic mass is 32.2. The van der Waals surface area contributed by atoms with E-state index in [4.69, 9.17) is 0 Å². The lowest BCUT2D eigenvalue weighted by Gasteiger charge is -1.96. The Morgan fingerprint density at radius 3 is 2.45 bits per heavy atom. The number of rotatable bonds is 4. The Morgan fingerprint density at radius 2 is 2.09 bits per heavy atom. The minimum absolute atomic E-state index is 0.401. The van der Waals surface area contributed by atoms with Crippen LogP contribution >= 0.6 is 0 Å². The molecule has 0 spiro atoms. The first-order valence-electron chi connectivity index (χ1n) is 2.61. The van der Waals surface area contributed by atoms with Crippen LogP contribution in [0, 0.1) is 0 Å². The van der Waals surface area contributed by atoms with E-state index in [1.54, 1.807) is 0 Å². The van der Waals surface area contributed by atoms with Crippen molar-refractivity contribution >= 4 is 16.1 Å². The lowest BCUT2D eigenvalue weighted by molar-refractivity contribution is -0.184. The van der Waals surface area contributed by atoms with Crippen LogP contribution < -0.4 is 0 Å². The predicted molar refractivity (Wildman–Crippen MR) is 32.6 cm³/mol. The normalized spacial score (nSPS) is 11.1. The first-order valence-corrected chi connectivity index (χ1v) is 4.43. The highest BCUT2D eigenvalue weighted by Crippen LogP contribution is 1.92. The van der Waals surface area contributed by atoms with Crippen molar-refractivity contribution in [3.8, 4) is 0 Å². The van der Waals surface area contributed by atoms with Gasteiger partial charge in [-0.1, -0.05) is 0 Å². The van der Waals surface area contributed by atoms with Gasteiger partial charge >= 0.3 is 5.97 Å². The summed E-state index contributed by atoms with van der Waals surface area (Å²) in [5.41, 5.74) is 0. The number of halogens is 1. The van der Waals surface area contributed by atoms with Crippen LogP contribution in [0.3, 0.4) is 0 Å². The van der Waals surface area contributed by atoms with Gasteiger partial charge in [-0.05, 0) is 0 Å². The fraction of sp³-hybridized carbons (Fsp3) is 0.750. The van der Waals surface area contributed by atoms with Gasteiger partial charge in [0.1, 0.15) is 0 Å². The SMILES string of the molecule is CS(=O)(=O)OCCC(=O)OF. The summed E-state index contributed by atoms with van der Waals surface area (Å²) in [6, 6.07) is 0. The van der Waals surface area contributed by atoms with E-state index in [9.17, 15) is 17.7 Å². The summed E-state index contributed by atoms with van der Waals surface area (Å²) in [6.07, 6.45) is 0.400. The van der Waals surface area contributed by atoms with Crippen LogP contribution in [0.2, 0.25) is 0 Å². The number of carbonyl (C=O) groups is 1. The van der Waals surface area contributed by atoms with Crippen LogP contribution in [0.5, 0.6) is 0 Å². The molecule has 0 aliphatic heterocycles. The van der Waals surface area contributed by atoms with E-state index in [0.29, 0.717) is 0 Å². The molecule has 0 saturated carbocycles. The molecule has 0 rings (SSSR count). The van der Waals surface area contributed by atoms with Gasteiger partial charge in [0.05, 0.1) is 19.3 Å². The largest absolute Gasteiger partial charge is 0.351 e. The van der Waals surface area contributed by atoms with Crippen LogP contribution in [0.15, 0.2) is 0 Å². The molecule has 0 unspecified atom stereocenters. The molecule has 0 aliphatic rings. The standard InChI is InChI=1S/C4H7FO5S/c1-11(7,8)9-3-2-4(6)10-5/h2-3H2,1H3. The second-order valence-corrected chi connectivity index (χ2v) is 3.37. The molecule has 0 saturated heterocycles. The van der Waals surface area contributed by atoms with Gasteiger partial charge in [-0.15, -0.1) is 0 Å². The first-order chi connectivity index (χ1) is 4.95. The van der Waals surface area contributed by atoms with Gasteiger partial charge in [0.25, 0.3) is 10.1 Å². The number of carbonyl (C=O) groups excluding carboxylic acids is 1. The topological polar surface area (TPSA) is 69.7 Å². The molecule has 0 amide bonds. The van der Waals surface area contributed by atoms with Gasteiger partial charge in [-0.3, -0.25) is 9.12 Å². The minimum atomic E-state index is -3.56. The zero-order valence-corrected chi connectivity index (χ0v) is 6.56. The maximum absolute atomic E-state index is 11.0. The van der Waals surface area contributed by atoms with E-state index in [1.807, 2.05) is 0 Å². The molecule has 0 aliphatic carbocycles. The van der Waals surface area contributed by atoms with Gasteiger partial charge in [0, 0.05) is 4.53 Å². The van der Waals surface area contributed by atoms with E-state index in [0.717, 1.165) is 6.26 Å². The van der Waals surface area contributed by atoms with Gasteiger partial charge in [0.15, 0.2) is 0 Å². The van der Waals surface area contributed by atoms with Gasteiger partial charge < -0.3 is 0 Å². The lowest BCUT2D eigenvalue weighted by atomic mass is 10.5.